The molecule has 0 nitrogen and oxygen atoms in total. The zero-order valence-electron chi connectivity index (χ0n) is 1.85. The minimum absolute atomic E-state index is 0. The van der Waals surface area contributed by atoms with Crippen LogP contribution in [0.5, 0.6) is 0 Å². The summed E-state index contributed by atoms with van der Waals surface area (Å²) in [5.74, 6) is 0. The summed E-state index contributed by atoms with van der Waals surface area (Å²) in [6.07, 6.45) is 0. The van der Waals surface area contributed by atoms with E-state index in [2.05, 4.69) is 0 Å². The maximum atomic E-state index is 0. The zero-order chi connectivity index (χ0) is 0. The standard InChI is InChI=1S/3C.Fe. The van der Waals surface area contributed by atoms with Crippen molar-refractivity contribution in [1.82, 2.24) is 0 Å². The minimum Gasteiger partial charge on any atom is 0 e. The van der Waals surface area contributed by atoms with Crippen molar-refractivity contribution in [2.75, 3.05) is 0 Å². The molecule has 0 aliphatic heterocycles. The summed E-state index contributed by atoms with van der Waals surface area (Å²) in [5, 5.41) is 0. The first kappa shape index (κ1) is 207. The molecule has 0 aromatic carbocycles. The van der Waals surface area contributed by atoms with Crippen molar-refractivity contribution < 1.29 is 17.1 Å². The molecule has 4 heavy (non-hydrogen) atoms. The quantitative estimate of drug-likeness (QED) is 0.375. The van der Waals surface area contributed by atoms with E-state index in [9.17, 15) is 0 Å². The van der Waals surface area contributed by atoms with Gasteiger partial charge in [0.2, 0.25) is 0 Å². The molecular weight excluding hydrogens is 91.9 g/mol. The van der Waals surface area contributed by atoms with E-state index in [1.807, 2.05) is 0 Å². The van der Waals surface area contributed by atoms with Gasteiger partial charge in [0, 0.05) is 39.3 Å². The molecule has 0 fully saturated rings. The predicted molar refractivity (Wildman–Crippen MR) is 9.73 cm³/mol. The van der Waals surface area contributed by atoms with Gasteiger partial charge in [-0.3, -0.25) is 0 Å². The molecule has 0 saturated heterocycles. The van der Waals surface area contributed by atoms with Crippen molar-refractivity contribution in [3.63, 3.8) is 0 Å². The van der Waals surface area contributed by atoms with Gasteiger partial charge in [-0.15, -0.1) is 0 Å². The monoisotopic (exact) mass is 91.9 g/mol. The number of hydrogen-bond acceptors (Lipinski definition) is 0. The van der Waals surface area contributed by atoms with Crippen molar-refractivity contribution >= 4 is 0 Å². The van der Waals surface area contributed by atoms with Crippen molar-refractivity contribution in [3.05, 3.63) is 22.3 Å². The fourth-order valence-corrected chi connectivity index (χ4v) is 0. The molecule has 0 aromatic rings. The van der Waals surface area contributed by atoms with Crippen molar-refractivity contribution in [1.29, 1.82) is 0 Å². The van der Waals surface area contributed by atoms with Crippen LogP contribution in [0.3, 0.4) is 0 Å². The first-order valence-corrected chi connectivity index (χ1v) is 0. The van der Waals surface area contributed by atoms with Gasteiger partial charge < -0.3 is 0 Å². The summed E-state index contributed by atoms with van der Waals surface area (Å²) in [6.45, 7) is 0. The van der Waals surface area contributed by atoms with Crippen LogP contribution in [0.1, 0.15) is 0 Å². The molecule has 0 rings (SSSR count). The van der Waals surface area contributed by atoms with Crippen LogP contribution in [0.25, 0.3) is 0 Å². The number of hydrogen-bond donors (Lipinski definition) is 0. The summed E-state index contributed by atoms with van der Waals surface area (Å²) in [7, 11) is 0. The van der Waals surface area contributed by atoms with Gasteiger partial charge in [-0.25, -0.2) is 0 Å². The summed E-state index contributed by atoms with van der Waals surface area (Å²) in [5.41, 5.74) is 0. The molecule has 0 aromatic heterocycles. The maximum absolute atomic E-state index is 0. The van der Waals surface area contributed by atoms with E-state index >= 15 is 0 Å². The van der Waals surface area contributed by atoms with E-state index in [4.69, 9.17) is 0 Å². The fraction of sp³-hybridized carbons (Fsp3) is 0. The molecule has 0 aliphatic carbocycles. The summed E-state index contributed by atoms with van der Waals surface area (Å²) < 4.78 is 0. The van der Waals surface area contributed by atoms with E-state index in [1.165, 1.54) is 0 Å². The van der Waals surface area contributed by atoms with Gasteiger partial charge in [0.1, 0.15) is 0 Å². The second kappa shape index (κ2) is 82.8. The van der Waals surface area contributed by atoms with Crippen molar-refractivity contribution in [2.24, 2.45) is 0 Å². The Morgan fingerprint density at radius 1 is 0.500 bits per heavy atom. The van der Waals surface area contributed by atoms with Crippen LogP contribution in [-0.2, 0) is 17.1 Å². The average molecular weight is 91.9 g/mol. The molecule has 0 bridgehead atoms. The van der Waals surface area contributed by atoms with Crippen LogP contribution in [0.2, 0.25) is 0 Å². The Hall–Kier alpha value is 0.519. The SMILES string of the molecule is [C].[C].[C].[Fe]. The molecule has 0 atom stereocenters. The molecule has 0 spiro atoms. The van der Waals surface area contributed by atoms with E-state index in [-0.39, 0.29) is 39.3 Å². The molecule has 0 unspecified atom stereocenters. The third-order valence-electron chi connectivity index (χ3n) is 0. The van der Waals surface area contributed by atoms with Gasteiger partial charge in [0.15, 0.2) is 0 Å². The molecule has 0 heterocycles. The molecule has 0 saturated carbocycles. The van der Waals surface area contributed by atoms with Crippen LogP contribution >= 0.6 is 0 Å². The Kier molecular flexibility index (Phi) is 4290. The smallest absolute Gasteiger partial charge is 0 e. The molecule has 20 valence electrons. The summed E-state index contributed by atoms with van der Waals surface area (Å²) in [4.78, 5) is 0. The fourth-order valence-electron chi connectivity index (χ4n) is 0. The van der Waals surface area contributed by atoms with Crippen molar-refractivity contribution in [2.45, 2.75) is 0 Å². The van der Waals surface area contributed by atoms with Crippen molar-refractivity contribution in [3.8, 4) is 0 Å². The topological polar surface area (TPSA) is 0 Å². The molecule has 0 aliphatic rings. The van der Waals surface area contributed by atoms with Crippen LogP contribution < -0.4 is 0 Å². The van der Waals surface area contributed by atoms with Gasteiger partial charge in [-0.1, -0.05) is 0 Å². The van der Waals surface area contributed by atoms with Crippen LogP contribution in [-0.4, -0.2) is 0 Å². The minimum atomic E-state index is 0. The normalized spacial score (nSPS) is 0. The second-order valence-electron chi connectivity index (χ2n) is 0. The van der Waals surface area contributed by atoms with E-state index < -0.39 is 0 Å². The van der Waals surface area contributed by atoms with Gasteiger partial charge in [0.25, 0.3) is 0 Å². The van der Waals surface area contributed by atoms with Gasteiger partial charge in [-0.05, 0) is 0 Å². The molecule has 0 N–H and O–H groups in total. The number of rotatable bonds is 0. The zero-order valence-corrected chi connectivity index (χ0v) is 2.96. The summed E-state index contributed by atoms with van der Waals surface area (Å²) in [6, 6.07) is 0. The Morgan fingerprint density at radius 3 is 0.500 bits per heavy atom. The van der Waals surface area contributed by atoms with Crippen LogP contribution in [0.4, 0.5) is 0 Å². The Morgan fingerprint density at radius 2 is 0.500 bits per heavy atom. The third kappa shape index (κ3) is 21.6. The predicted octanol–water partition coefficient (Wildman–Crippen LogP) is 0.241. The van der Waals surface area contributed by atoms with Crippen LogP contribution in [0, 0.1) is 22.3 Å². The summed E-state index contributed by atoms with van der Waals surface area (Å²) >= 11 is 0. The largest absolute Gasteiger partial charge is 0 e. The molecule has 0 amide bonds. The molecule has 1 heteroatoms. The molecule has 12 radical (unpaired) electrons. The van der Waals surface area contributed by atoms with Gasteiger partial charge in [0.05, 0.1) is 0 Å². The van der Waals surface area contributed by atoms with E-state index in [0.717, 1.165) is 0 Å². The first-order chi connectivity index (χ1) is 0. The average Bonchev–Trinajstić information content (AvgIpc) is 0. The Labute approximate surface area is 40.1 Å². The van der Waals surface area contributed by atoms with E-state index in [0.29, 0.717) is 0 Å². The third-order valence-corrected chi connectivity index (χ3v) is 0. The molecular formula is C3Fe. The maximum Gasteiger partial charge on any atom is 0 e. The van der Waals surface area contributed by atoms with Crippen LogP contribution in [0.15, 0.2) is 0 Å². The first-order valence-electron chi connectivity index (χ1n) is 0. The Balaban J connectivity index is 0. The van der Waals surface area contributed by atoms with E-state index in [1.54, 1.807) is 0 Å². The van der Waals surface area contributed by atoms with Gasteiger partial charge in [-0.2, -0.15) is 0 Å². The van der Waals surface area contributed by atoms with Gasteiger partial charge >= 0.3 is 0 Å². The Bertz CT molecular complexity index is 3.25. The second-order valence-corrected chi connectivity index (χ2v) is 0.